The highest BCUT2D eigenvalue weighted by Crippen LogP contribution is 2.24. The number of likely N-dealkylation sites (tertiary alicyclic amines) is 1. The van der Waals surface area contributed by atoms with E-state index >= 15 is 0 Å². The number of hydrogen-bond donors (Lipinski definition) is 5. The fraction of sp³-hybridized carbons (Fsp3) is 0.333. The van der Waals surface area contributed by atoms with Crippen molar-refractivity contribution in [3.05, 3.63) is 53.2 Å². The third-order valence-corrected chi connectivity index (χ3v) is 5.77. The number of benzene rings is 1. The lowest BCUT2D eigenvalue weighted by molar-refractivity contribution is 0.166. The van der Waals surface area contributed by atoms with Crippen molar-refractivity contribution in [3.8, 4) is 0 Å². The maximum absolute atomic E-state index is 12.6. The van der Waals surface area contributed by atoms with Gasteiger partial charge in [-0.25, -0.2) is 14.8 Å². The van der Waals surface area contributed by atoms with Gasteiger partial charge in [0.05, 0.1) is 29.1 Å². The molecule has 1 atom stereocenters. The number of carbonyl (C=O) groups is 1. The normalized spacial score (nSPS) is 15.6. The molecule has 5 N–H and O–H groups in total. The van der Waals surface area contributed by atoms with Crippen LogP contribution in [0.5, 0.6) is 0 Å². The Bertz CT molecular complexity index is 1050. The van der Waals surface area contributed by atoms with Gasteiger partial charge in [0.2, 0.25) is 5.95 Å². The number of nitrogens with zero attached hydrogens (tertiary/aromatic N) is 4. The molecule has 1 aromatic carbocycles. The summed E-state index contributed by atoms with van der Waals surface area (Å²) in [5.74, 6) is 1.10. The topological polar surface area (TPSA) is 131 Å². The van der Waals surface area contributed by atoms with E-state index in [2.05, 4.69) is 51.8 Å². The van der Waals surface area contributed by atoms with Gasteiger partial charge < -0.3 is 30.9 Å². The molecule has 2 amide bonds. The Balaban J connectivity index is 1.38. The molecule has 1 aliphatic heterocycles. The summed E-state index contributed by atoms with van der Waals surface area (Å²) in [6.07, 6.45) is 7.69. The molecular formula is C21H25BrN8O2. The van der Waals surface area contributed by atoms with Crippen LogP contribution in [0.1, 0.15) is 18.5 Å². The number of amides is 2. The summed E-state index contributed by atoms with van der Waals surface area (Å²) < 4.78 is 0.759. The first-order chi connectivity index (χ1) is 15.6. The van der Waals surface area contributed by atoms with Crippen LogP contribution in [0.15, 0.2) is 47.5 Å². The lowest BCUT2D eigenvalue weighted by Crippen LogP contribution is -2.40. The fourth-order valence-corrected chi connectivity index (χ4v) is 3.91. The molecule has 11 heteroatoms. The average molecular weight is 501 g/mol. The Labute approximate surface area is 194 Å². The summed E-state index contributed by atoms with van der Waals surface area (Å²) in [5.41, 5.74) is 2.37. The number of aliphatic hydroxyl groups is 1. The quantitative estimate of drug-likeness (QED) is 0.320. The van der Waals surface area contributed by atoms with E-state index in [0.29, 0.717) is 30.5 Å². The van der Waals surface area contributed by atoms with Crippen molar-refractivity contribution in [2.75, 3.05) is 35.6 Å². The minimum absolute atomic E-state index is 0.0199. The molecule has 168 valence electrons. The number of halogens is 1. The number of nitrogens with one attached hydrogen (secondary N) is 4. The molecule has 0 saturated carbocycles. The molecule has 4 rings (SSSR count). The van der Waals surface area contributed by atoms with Crippen LogP contribution in [0.4, 0.5) is 27.9 Å². The Kier molecular flexibility index (Phi) is 7.17. The highest BCUT2D eigenvalue weighted by Gasteiger charge is 2.28. The van der Waals surface area contributed by atoms with Crippen molar-refractivity contribution in [2.45, 2.75) is 25.3 Å². The van der Waals surface area contributed by atoms with Gasteiger partial charge >= 0.3 is 6.03 Å². The first-order valence-electron chi connectivity index (χ1n) is 10.4. The first kappa shape index (κ1) is 22.0. The minimum atomic E-state index is -0.206. The molecule has 0 radical (unpaired) electrons. The zero-order chi connectivity index (χ0) is 22.3. The fourth-order valence-electron chi connectivity index (χ4n) is 3.58. The van der Waals surface area contributed by atoms with Gasteiger partial charge in [-0.2, -0.15) is 4.98 Å². The SMILES string of the molecule is O=C(Nc1cccc(Nc2ncc(Br)c(NCCc3c[nH]cn3)n2)c1)N1CCC[C@@H]1CO. The van der Waals surface area contributed by atoms with Crippen LogP contribution in [-0.4, -0.2) is 61.7 Å². The molecule has 0 spiro atoms. The second kappa shape index (κ2) is 10.4. The molecule has 2 aromatic heterocycles. The van der Waals surface area contributed by atoms with Gasteiger partial charge in [-0.3, -0.25) is 0 Å². The molecule has 10 nitrogen and oxygen atoms in total. The molecule has 32 heavy (non-hydrogen) atoms. The zero-order valence-electron chi connectivity index (χ0n) is 17.4. The van der Waals surface area contributed by atoms with E-state index in [4.69, 9.17) is 0 Å². The number of aliphatic hydroxyl groups excluding tert-OH is 1. The molecule has 0 unspecified atom stereocenters. The molecule has 0 aliphatic carbocycles. The van der Waals surface area contributed by atoms with Gasteiger partial charge in [-0.05, 0) is 47.0 Å². The van der Waals surface area contributed by atoms with E-state index in [1.165, 1.54) is 0 Å². The van der Waals surface area contributed by atoms with E-state index in [9.17, 15) is 9.90 Å². The summed E-state index contributed by atoms with van der Waals surface area (Å²) in [7, 11) is 0. The highest BCUT2D eigenvalue weighted by molar-refractivity contribution is 9.10. The Morgan fingerprint density at radius 3 is 3.00 bits per heavy atom. The molecule has 0 bridgehead atoms. The number of carbonyl (C=O) groups excluding carboxylic acids is 1. The van der Waals surface area contributed by atoms with E-state index in [-0.39, 0.29) is 18.7 Å². The number of anilines is 4. The van der Waals surface area contributed by atoms with E-state index in [1.54, 1.807) is 17.4 Å². The van der Waals surface area contributed by atoms with E-state index in [0.717, 1.165) is 35.1 Å². The molecule has 1 fully saturated rings. The highest BCUT2D eigenvalue weighted by atomic mass is 79.9. The lowest BCUT2D eigenvalue weighted by atomic mass is 10.2. The Hall–Kier alpha value is -3.18. The van der Waals surface area contributed by atoms with Crippen LogP contribution in [0.3, 0.4) is 0 Å². The minimum Gasteiger partial charge on any atom is -0.394 e. The van der Waals surface area contributed by atoms with Crippen molar-refractivity contribution in [1.82, 2.24) is 24.8 Å². The van der Waals surface area contributed by atoms with Crippen molar-refractivity contribution < 1.29 is 9.90 Å². The Morgan fingerprint density at radius 1 is 1.31 bits per heavy atom. The summed E-state index contributed by atoms with van der Waals surface area (Å²) in [6.45, 7) is 1.30. The van der Waals surface area contributed by atoms with Crippen molar-refractivity contribution in [1.29, 1.82) is 0 Å². The number of aromatic nitrogens is 4. The van der Waals surface area contributed by atoms with Crippen molar-refractivity contribution in [3.63, 3.8) is 0 Å². The number of hydrogen-bond acceptors (Lipinski definition) is 7. The third-order valence-electron chi connectivity index (χ3n) is 5.19. The standard InChI is InChI=1S/C21H25BrN8O2/c22-18-11-25-20(29-19(18)24-7-6-16-10-23-13-26-16)27-14-3-1-4-15(9-14)28-21(32)30-8-2-5-17(30)12-31/h1,3-4,9-11,13,17,31H,2,5-8,12H2,(H,23,26)(H,28,32)(H2,24,25,27,29)/t17-/m1/s1. The van der Waals surface area contributed by atoms with Gasteiger partial charge in [0.15, 0.2) is 0 Å². The zero-order valence-corrected chi connectivity index (χ0v) is 19.0. The largest absolute Gasteiger partial charge is 0.394 e. The summed E-state index contributed by atoms with van der Waals surface area (Å²) in [5, 5.41) is 18.8. The summed E-state index contributed by atoms with van der Waals surface area (Å²) in [6, 6.07) is 7.02. The van der Waals surface area contributed by atoms with Crippen LogP contribution < -0.4 is 16.0 Å². The predicted molar refractivity (Wildman–Crippen MR) is 126 cm³/mol. The molecule has 3 aromatic rings. The number of rotatable bonds is 8. The smallest absolute Gasteiger partial charge is 0.322 e. The van der Waals surface area contributed by atoms with Crippen LogP contribution in [-0.2, 0) is 6.42 Å². The van der Waals surface area contributed by atoms with Crippen LogP contribution >= 0.6 is 15.9 Å². The predicted octanol–water partition coefficient (Wildman–Crippen LogP) is 3.35. The van der Waals surface area contributed by atoms with Gasteiger partial charge in [0.1, 0.15) is 5.82 Å². The number of H-pyrrole nitrogens is 1. The average Bonchev–Trinajstić information content (AvgIpc) is 3.48. The maximum Gasteiger partial charge on any atom is 0.322 e. The molecular weight excluding hydrogens is 476 g/mol. The van der Waals surface area contributed by atoms with Crippen LogP contribution in [0, 0.1) is 0 Å². The summed E-state index contributed by atoms with van der Waals surface area (Å²) >= 11 is 3.47. The van der Waals surface area contributed by atoms with Crippen LogP contribution in [0.2, 0.25) is 0 Å². The number of urea groups is 1. The second-order valence-electron chi connectivity index (χ2n) is 7.44. The van der Waals surface area contributed by atoms with E-state index < -0.39 is 0 Å². The van der Waals surface area contributed by atoms with Crippen molar-refractivity contribution >= 4 is 45.1 Å². The summed E-state index contributed by atoms with van der Waals surface area (Å²) in [4.78, 5) is 30.2. The lowest BCUT2D eigenvalue weighted by Gasteiger charge is -2.23. The molecule has 3 heterocycles. The van der Waals surface area contributed by atoms with Gasteiger partial charge in [0.25, 0.3) is 0 Å². The second-order valence-corrected chi connectivity index (χ2v) is 8.29. The Morgan fingerprint density at radius 2 is 2.19 bits per heavy atom. The first-order valence-corrected chi connectivity index (χ1v) is 11.2. The van der Waals surface area contributed by atoms with Gasteiger partial charge in [-0.1, -0.05) is 6.07 Å². The number of imidazole rings is 1. The number of aromatic amines is 1. The third kappa shape index (κ3) is 5.54. The van der Waals surface area contributed by atoms with Crippen molar-refractivity contribution in [2.24, 2.45) is 0 Å². The van der Waals surface area contributed by atoms with Gasteiger partial charge in [0, 0.05) is 43.3 Å². The van der Waals surface area contributed by atoms with Gasteiger partial charge in [-0.15, -0.1) is 0 Å². The maximum atomic E-state index is 12.6. The van der Waals surface area contributed by atoms with Crippen LogP contribution in [0.25, 0.3) is 0 Å². The molecule has 1 saturated heterocycles. The molecule has 1 aliphatic rings. The monoisotopic (exact) mass is 500 g/mol. The van der Waals surface area contributed by atoms with E-state index in [1.807, 2.05) is 30.5 Å².